The average Bonchev–Trinajstić information content (AvgIpc) is 3.33. The molecule has 6 nitrogen and oxygen atoms in total. The first-order chi connectivity index (χ1) is 13.4. The van der Waals surface area contributed by atoms with Crippen LogP contribution in [0.25, 0.3) is 10.8 Å². The van der Waals surface area contributed by atoms with Crippen LogP contribution in [-0.4, -0.2) is 19.3 Å². The molecule has 0 unspecified atom stereocenters. The quantitative estimate of drug-likeness (QED) is 0.480. The summed E-state index contributed by atoms with van der Waals surface area (Å²) >= 11 is 2.43. The first kappa shape index (κ1) is 18.6. The van der Waals surface area contributed by atoms with Crippen LogP contribution in [-0.2, 0) is 10.0 Å². The summed E-state index contributed by atoms with van der Waals surface area (Å²) in [7, 11) is -3.79. The summed E-state index contributed by atoms with van der Waals surface area (Å²) in [5.41, 5.74) is 1.25. The highest BCUT2D eigenvalue weighted by molar-refractivity contribution is 7.94. The van der Waals surface area contributed by atoms with Crippen LogP contribution in [0.15, 0.2) is 63.5 Å². The van der Waals surface area contributed by atoms with Crippen LogP contribution in [0.5, 0.6) is 0 Å². The molecule has 142 valence electrons. The summed E-state index contributed by atoms with van der Waals surface area (Å²) < 4.78 is 28.1. The lowest BCUT2D eigenvalue weighted by Crippen LogP contribution is -2.18. The highest BCUT2D eigenvalue weighted by atomic mass is 32.2. The lowest BCUT2D eigenvalue weighted by atomic mass is 10.0. The van der Waals surface area contributed by atoms with E-state index in [0.29, 0.717) is 5.13 Å². The number of nitrogens with one attached hydrogen (secondary N) is 2. The van der Waals surface area contributed by atoms with Crippen molar-refractivity contribution in [2.75, 3.05) is 10.0 Å². The molecule has 0 saturated heterocycles. The van der Waals surface area contributed by atoms with Gasteiger partial charge >= 0.3 is 0 Å². The van der Waals surface area contributed by atoms with Crippen LogP contribution in [0.3, 0.4) is 0 Å². The number of aryl methyl sites for hydroxylation is 1. The summed E-state index contributed by atoms with van der Waals surface area (Å²) in [5, 5.41) is 8.38. The average molecular weight is 430 g/mol. The normalized spacial score (nSPS) is 11.5. The van der Waals surface area contributed by atoms with Gasteiger partial charge in [0.25, 0.3) is 15.9 Å². The molecule has 0 atom stereocenters. The zero-order valence-electron chi connectivity index (χ0n) is 14.7. The van der Waals surface area contributed by atoms with Crippen molar-refractivity contribution in [3.63, 3.8) is 0 Å². The molecular weight excluding hydrogens is 414 g/mol. The fraction of sp³-hybridized carbons (Fsp3) is 0.0526. The van der Waals surface area contributed by atoms with E-state index >= 15 is 0 Å². The molecule has 0 saturated carbocycles. The number of carbonyl (C=O) groups excluding carboxylic acids is 1. The van der Waals surface area contributed by atoms with Crippen LogP contribution in [0.2, 0.25) is 0 Å². The molecule has 28 heavy (non-hydrogen) atoms. The minimum atomic E-state index is -3.79. The minimum absolute atomic E-state index is 0.183. The number of nitrogens with zero attached hydrogens (tertiary/aromatic N) is 1. The van der Waals surface area contributed by atoms with Gasteiger partial charge in [0.1, 0.15) is 4.21 Å². The van der Waals surface area contributed by atoms with Gasteiger partial charge in [0.05, 0.1) is 16.9 Å². The third kappa shape index (κ3) is 3.77. The smallest absolute Gasteiger partial charge is 0.271 e. The van der Waals surface area contributed by atoms with Crippen molar-refractivity contribution in [2.45, 2.75) is 11.1 Å². The van der Waals surface area contributed by atoms with Gasteiger partial charge in [0, 0.05) is 5.38 Å². The second-order valence-corrected chi connectivity index (χ2v) is 9.75. The monoisotopic (exact) mass is 429 g/mol. The van der Waals surface area contributed by atoms with E-state index in [9.17, 15) is 13.2 Å². The minimum Gasteiger partial charge on any atom is -0.298 e. The van der Waals surface area contributed by atoms with Crippen LogP contribution in [0.1, 0.15) is 16.1 Å². The Morgan fingerprint density at radius 1 is 1.04 bits per heavy atom. The van der Waals surface area contributed by atoms with E-state index in [-0.39, 0.29) is 15.5 Å². The van der Waals surface area contributed by atoms with Crippen molar-refractivity contribution in [3.05, 3.63) is 70.5 Å². The predicted molar refractivity (Wildman–Crippen MR) is 114 cm³/mol. The van der Waals surface area contributed by atoms with Crippen molar-refractivity contribution in [1.82, 2.24) is 4.98 Å². The number of amides is 1. The van der Waals surface area contributed by atoms with Gasteiger partial charge in [-0.25, -0.2) is 13.4 Å². The highest BCUT2D eigenvalue weighted by Crippen LogP contribution is 2.28. The Labute approximate surface area is 169 Å². The fourth-order valence-electron chi connectivity index (χ4n) is 2.70. The Bertz CT molecular complexity index is 1260. The van der Waals surface area contributed by atoms with Crippen molar-refractivity contribution < 1.29 is 13.2 Å². The molecule has 4 rings (SSSR count). The molecule has 0 radical (unpaired) electrons. The molecule has 2 aromatic heterocycles. The topological polar surface area (TPSA) is 88.2 Å². The van der Waals surface area contributed by atoms with Gasteiger partial charge in [-0.2, -0.15) is 0 Å². The standard InChI is InChI=1S/C19H15N3O3S3/c1-12-11-27-19(20-12)21-18(23)15-9-13-5-2-3-6-14(13)10-16(15)22-28(24,25)17-7-4-8-26-17/h2-11,22H,1H3,(H,20,21,23). The molecule has 0 aliphatic heterocycles. The lowest BCUT2D eigenvalue weighted by Gasteiger charge is -2.13. The Morgan fingerprint density at radius 2 is 1.79 bits per heavy atom. The Hall–Kier alpha value is -2.75. The number of benzene rings is 2. The van der Waals surface area contributed by atoms with Crippen LogP contribution in [0, 0.1) is 6.92 Å². The van der Waals surface area contributed by atoms with Crippen LogP contribution < -0.4 is 10.0 Å². The van der Waals surface area contributed by atoms with E-state index in [1.54, 1.807) is 23.6 Å². The largest absolute Gasteiger partial charge is 0.298 e. The summed E-state index contributed by atoms with van der Waals surface area (Å²) in [6, 6.07) is 14.0. The molecule has 2 N–H and O–H groups in total. The number of anilines is 2. The third-order valence-corrected chi connectivity index (χ3v) is 7.61. The van der Waals surface area contributed by atoms with E-state index < -0.39 is 15.9 Å². The molecule has 0 aliphatic rings. The summed E-state index contributed by atoms with van der Waals surface area (Å²) in [6.45, 7) is 1.84. The van der Waals surface area contributed by atoms with Crippen molar-refractivity contribution in [3.8, 4) is 0 Å². The summed E-state index contributed by atoms with van der Waals surface area (Å²) in [6.07, 6.45) is 0. The van der Waals surface area contributed by atoms with Crippen molar-refractivity contribution >= 4 is 60.2 Å². The number of hydrogen-bond acceptors (Lipinski definition) is 6. The van der Waals surface area contributed by atoms with E-state index in [1.807, 2.05) is 36.6 Å². The fourth-order valence-corrected chi connectivity index (χ4v) is 5.45. The second-order valence-electron chi connectivity index (χ2n) is 6.03. The van der Waals surface area contributed by atoms with Gasteiger partial charge in [0.2, 0.25) is 0 Å². The Kier molecular flexibility index (Phi) is 4.88. The van der Waals surface area contributed by atoms with E-state index in [2.05, 4.69) is 15.0 Å². The van der Waals surface area contributed by atoms with E-state index in [4.69, 9.17) is 0 Å². The van der Waals surface area contributed by atoms with Crippen molar-refractivity contribution in [2.24, 2.45) is 0 Å². The number of aromatic nitrogens is 1. The molecule has 2 heterocycles. The first-order valence-electron chi connectivity index (χ1n) is 8.25. The molecule has 0 spiro atoms. The number of thiazole rings is 1. The van der Waals surface area contributed by atoms with Gasteiger partial charge in [0.15, 0.2) is 5.13 Å². The number of carbonyl (C=O) groups is 1. The maximum atomic E-state index is 12.9. The number of thiophene rings is 1. The molecule has 9 heteroatoms. The van der Waals surface area contributed by atoms with E-state index in [1.165, 1.54) is 17.4 Å². The predicted octanol–water partition coefficient (Wildman–Crippen LogP) is 4.72. The number of rotatable bonds is 5. The lowest BCUT2D eigenvalue weighted by molar-refractivity contribution is 0.102. The third-order valence-electron chi connectivity index (χ3n) is 3.97. The highest BCUT2D eigenvalue weighted by Gasteiger charge is 2.21. The number of sulfonamides is 1. The number of hydrogen-bond donors (Lipinski definition) is 2. The summed E-state index contributed by atoms with van der Waals surface area (Å²) in [5.74, 6) is -0.427. The maximum Gasteiger partial charge on any atom is 0.271 e. The SMILES string of the molecule is Cc1csc(NC(=O)c2cc3ccccc3cc2NS(=O)(=O)c2cccs2)n1. The van der Waals surface area contributed by atoms with Gasteiger partial charge in [-0.05, 0) is 41.3 Å². The van der Waals surface area contributed by atoms with Gasteiger partial charge < -0.3 is 0 Å². The van der Waals surface area contributed by atoms with E-state index in [0.717, 1.165) is 27.8 Å². The zero-order chi connectivity index (χ0) is 19.7. The molecular formula is C19H15N3O3S3. The molecule has 4 aromatic rings. The van der Waals surface area contributed by atoms with Crippen LogP contribution >= 0.6 is 22.7 Å². The number of fused-ring (bicyclic) bond motifs is 1. The summed E-state index contributed by atoms with van der Waals surface area (Å²) in [4.78, 5) is 17.1. The molecule has 0 fully saturated rings. The Balaban J connectivity index is 1.77. The van der Waals surface area contributed by atoms with Gasteiger partial charge in [-0.3, -0.25) is 14.8 Å². The zero-order valence-corrected chi connectivity index (χ0v) is 17.1. The van der Waals surface area contributed by atoms with Crippen molar-refractivity contribution in [1.29, 1.82) is 0 Å². The van der Waals surface area contributed by atoms with Gasteiger partial charge in [-0.15, -0.1) is 22.7 Å². The Morgan fingerprint density at radius 3 is 2.43 bits per heavy atom. The van der Waals surface area contributed by atoms with Gasteiger partial charge in [-0.1, -0.05) is 30.3 Å². The molecule has 0 bridgehead atoms. The molecule has 2 aromatic carbocycles. The maximum absolute atomic E-state index is 12.9. The first-order valence-corrected chi connectivity index (χ1v) is 11.5. The molecule has 0 aliphatic carbocycles. The second kappa shape index (κ2) is 7.34. The molecule has 1 amide bonds. The van der Waals surface area contributed by atoms with Crippen LogP contribution in [0.4, 0.5) is 10.8 Å².